The van der Waals surface area contributed by atoms with Crippen molar-refractivity contribution in [3.05, 3.63) is 66.7 Å². The highest BCUT2D eigenvalue weighted by atomic mass is 32.2. The monoisotopic (exact) mass is 285 g/mol. The number of nitrogens with one attached hydrogen (secondary N) is 2. The summed E-state index contributed by atoms with van der Waals surface area (Å²) in [7, 11) is 0. The number of halogens is 1. The van der Waals surface area contributed by atoms with E-state index in [0.717, 1.165) is 22.0 Å². The fourth-order valence-corrected chi connectivity index (χ4v) is 2.43. The summed E-state index contributed by atoms with van der Waals surface area (Å²) in [6.07, 6.45) is 3.65. The van der Waals surface area contributed by atoms with Crippen LogP contribution >= 0.6 is 11.9 Å². The van der Waals surface area contributed by atoms with Gasteiger partial charge in [-0.05, 0) is 48.3 Å². The average molecular weight is 285 g/mol. The second-order valence-electron chi connectivity index (χ2n) is 4.18. The van der Waals surface area contributed by atoms with Crippen LogP contribution in [-0.4, -0.2) is 9.97 Å². The van der Waals surface area contributed by atoms with Crippen LogP contribution in [0.15, 0.2) is 65.8 Å². The zero-order chi connectivity index (χ0) is 13.8. The van der Waals surface area contributed by atoms with E-state index in [9.17, 15) is 4.39 Å². The van der Waals surface area contributed by atoms with Gasteiger partial charge in [0.25, 0.3) is 0 Å². The molecule has 2 aromatic heterocycles. The predicted octanol–water partition coefficient (Wildman–Crippen LogP) is 4.34. The maximum absolute atomic E-state index is 13.1. The number of nitrogens with zero attached hydrogens (tertiary/aromatic N) is 1. The van der Waals surface area contributed by atoms with Crippen molar-refractivity contribution in [2.75, 3.05) is 4.72 Å². The molecule has 0 saturated carbocycles. The Morgan fingerprint density at radius 2 is 2.05 bits per heavy atom. The Labute approximate surface area is 120 Å². The van der Waals surface area contributed by atoms with E-state index in [-0.39, 0.29) is 5.82 Å². The van der Waals surface area contributed by atoms with Crippen molar-refractivity contribution >= 4 is 17.6 Å². The Morgan fingerprint density at radius 3 is 2.85 bits per heavy atom. The smallest absolute Gasteiger partial charge is 0.125 e. The Kier molecular flexibility index (Phi) is 3.69. The second kappa shape index (κ2) is 5.79. The van der Waals surface area contributed by atoms with Crippen LogP contribution in [0, 0.1) is 5.82 Å². The van der Waals surface area contributed by atoms with E-state index in [2.05, 4.69) is 14.7 Å². The van der Waals surface area contributed by atoms with Gasteiger partial charge in [-0.3, -0.25) is 4.98 Å². The number of benzene rings is 1. The van der Waals surface area contributed by atoms with Crippen molar-refractivity contribution in [1.82, 2.24) is 9.97 Å². The summed E-state index contributed by atoms with van der Waals surface area (Å²) in [5.41, 5.74) is 2.58. The second-order valence-corrected chi connectivity index (χ2v) is 5.06. The van der Waals surface area contributed by atoms with Gasteiger partial charge in [-0.2, -0.15) is 0 Å². The van der Waals surface area contributed by atoms with E-state index in [1.165, 1.54) is 24.1 Å². The van der Waals surface area contributed by atoms with Crippen molar-refractivity contribution in [2.24, 2.45) is 0 Å². The molecule has 0 aliphatic heterocycles. The van der Waals surface area contributed by atoms with Crippen molar-refractivity contribution in [1.29, 1.82) is 0 Å². The molecular weight excluding hydrogens is 273 g/mol. The van der Waals surface area contributed by atoms with Gasteiger partial charge in [0, 0.05) is 23.0 Å². The van der Waals surface area contributed by atoms with Gasteiger partial charge in [0.15, 0.2) is 0 Å². The van der Waals surface area contributed by atoms with E-state index in [1.54, 1.807) is 12.3 Å². The molecule has 0 saturated heterocycles. The zero-order valence-electron chi connectivity index (χ0n) is 10.5. The molecule has 0 aliphatic carbocycles. The maximum atomic E-state index is 13.1. The molecule has 2 heterocycles. The SMILES string of the molecule is Fc1cccc(NSc2c[nH]c(-c3ccccn3)c2)c1. The molecule has 3 nitrogen and oxygen atoms in total. The molecule has 20 heavy (non-hydrogen) atoms. The quantitative estimate of drug-likeness (QED) is 0.701. The molecule has 0 fully saturated rings. The molecule has 3 aromatic rings. The summed E-state index contributed by atoms with van der Waals surface area (Å²) < 4.78 is 16.2. The Hall–Kier alpha value is -2.27. The molecule has 5 heteroatoms. The van der Waals surface area contributed by atoms with Gasteiger partial charge in [0.1, 0.15) is 5.82 Å². The fraction of sp³-hybridized carbons (Fsp3) is 0. The van der Waals surface area contributed by atoms with Crippen LogP contribution < -0.4 is 4.72 Å². The first kappa shape index (κ1) is 12.7. The summed E-state index contributed by atoms with van der Waals surface area (Å²) in [4.78, 5) is 8.46. The van der Waals surface area contributed by atoms with Crippen LogP contribution in [0.25, 0.3) is 11.4 Å². The molecule has 3 rings (SSSR count). The minimum Gasteiger partial charge on any atom is -0.359 e. The number of aromatic amines is 1. The number of hydrogen-bond acceptors (Lipinski definition) is 3. The molecule has 0 radical (unpaired) electrons. The number of rotatable bonds is 4. The van der Waals surface area contributed by atoms with Crippen molar-refractivity contribution in [2.45, 2.75) is 4.90 Å². The van der Waals surface area contributed by atoms with Crippen LogP contribution in [0.4, 0.5) is 10.1 Å². The van der Waals surface area contributed by atoms with Gasteiger partial charge >= 0.3 is 0 Å². The van der Waals surface area contributed by atoms with Gasteiger partial charge in [0.2, 0.25) is 0 Å². The first-order valence-electron chi connectivity index (χ1n) is 6.09. The van der Waals surface area contributed by atoms with Gasteiger partial charge in [0.05, 0.1) is 11.4 Å². The predicted molar refractivity (Wildman–Crippen MR) is 79.9 cm³/mol. The number of hydrogen-bond donors (Lipinski definition) is 2. The molecule has 0 bridgehead atoms. The lowest BCUT2D eigenvalue weighted by molar-refractivity contribution is 0.628. The third-order valence-corrected chi connectivity index (χ3v) is 3.52. The Balaban J connectivity index is 1.69. The summed E-state index contributed by atoms with van der Waals surface area (Å²) >= 11 is 1.42. The fourth-order valence-electron chi connectivity index (χ4n) is 1.77. The van der Waals surface area contributed by atoms with Crippen molar-refractivity contribution in [3.8, 4) is 11.4 Å². The molecule has 0 aliphatic rings. The minimum absolute atomic E-state index is 0.251. The van der Waals surface area contributed by atoms with Crippen molar-refractivity contribution in [3.63, 3.8) is 0 Å². The number of aromatic nitrogens is 2. The average Bonchev–Trinajstić information content (AvgIpc) is 2.95. The Morgan fingerprint density at radius 1 is 1.10 bits per heavy atom. The third kappa shape index (κ3) is 3.00. The van der Waals surface area contributed by atoms with Gasteiger partial charge in [-0.1, -0.05) is 12.1 Å². The molecular formula is C15H12FN3S. The highest BCUT2D eigenvalue weighted by molar-refractivity contribution is 8.00. The van der Waals surface area contributed by atoms with Crippen LogP contribution in [-0.2, 0) is 0 Å². The van der Waals surface area contributed by atoms with Crippen LogP contribution in [0.1, 0.15) is 0 Å². The van der Waals surface area contributed by atoms with E-state index in [0.29, 0.717) is 0 Å². The summed E-state index contributed by atoms with van der Waals surface area (Å²) in [6, 6.07) is 14.1. The molecule has 1 aromatic carbocycles. The lowest BCUT2D eigenvalue weighted by atomic mass is 10.3. The summed E-state index contributed by atoms with van der Waals surface area (Å²) in [6.45, 7) is 0. The van der Waals surface area contributed by atoms with Crippen LogP contribution in [0.3, 0.4) is 0 Å². The molecule has 2 N–H and O–H groups in total. The van der Waals surface area contributed by atoms with Gasteiger partial charge < -0.3 is 9.71 Å². The molecule has 0 spiro atoms. The van der Waals surface area contributed by atoms with E-state index >= 15 is 0 Å². The molecule has 0 unspecified atom stereocenters. The molecule has 0 atom stereocenters. The minimum atomic E-state index is -0.251. The molecule has 0 amide bonds. The number of H-pyrrole nitrogens is 1. The van der Waals surface area contributed by atoms with Crippen LogP contribution in [0.5, 0.6) is 0 Å². The topological polar surface area (TPSA) is 40.7 Å². The lowest BCUT2D eigenvalue weighted by Gasteiger charge is -2.03. The normalized spacial score (nSPS) is 10.4. The number of pyridine rings is 1. The van der Waals surface area contributed by atoms with Crippen LogP contribution in [0.2, 0.25) is 0 Å². The van der Waals surface area contributed by atoms with Crippen molar-refractivity contribution < 1.29 is 4.39 Å². The highest BCUT2D eigenvalue weighted by Crippen LogP contribution is 2.25. The lowest BCUT2D eigenvalue weighted by Crippen LogP contribution is -1.86. The summed E-state index contributed by atoms with van der Waals surface area (Å²) in [5, 5.41) is 0. The highest BCUT2D eigenvalue weighted by Gasteiger charge is 2.03. The summed E-state index contributed by atoms with van der Waals surface area (Å²) in [5.74, 6) is -0.251. The zero-order valence-corrected chi connectivity index (χ0v) is 11.3. The largest absolute Gasteiger partial charge is 0.359 e. The van der Waals surface area contributed by atoms with E-state index < -0.39 is 0 Å². The van der Waals surface area contributed by atoms with E-state index in [4.69, 9.17) is 0 Å². The molecule has 100 valence electrons. The first-order chi connectivity index (χ1) is 9.81. The Bertz CT molecular complexity index is 697. The standard InChI is InChI=1S/C15H12FN3S/c16-11-4-3-5-12(8-11)19-20-13-9-15(18-10-13)14-6-1-2-7-17-14/h1-10,18-19H. The maximum Gasteiger partial charge on any atom is 0.125 e. The third-order valence-electron chi connectivity index (χ3n) is 2.71. The van der Waals surface area contributed by atoms with Gasteiger partial charge in [-0.25, -0.2) is 4.39 Å². The number of anilines is 1. The first-order valence-corrected chi connectivity index (χ1v) is 6.91. The van der Waals surface area contributed by atoms with E-state index in [1.807, 2.05) is 36.5 Å². The van der Waals surface area contributed by atoms with Gasteiger partial charge in [-0.15, -0.1) is 0 Å².